The number of nitrogens with two attached hydrogens (primary N) is 1. The van der Waals surface area contributed by atoms with E-state index in [-0.39, 0.29) is 17.8 Å². The van der Waals surface area contributed by atoms with E-state index in [1.807, 2.05) is 30.3 Å². The molecule has 0 atom stereocenters. The summed E-state index contributed by atoms with van der Waals surface area (Å²) in [6.07, 6.45) is 0. The molecule has 0 fully saturated rings. The fourth-order valence-corrected chi connectivity index (χ4v) is 1.71. The lowest BCUT2D eigenvalue weighted by molar-refractivity contribution is 0.414. The topological polar surface area (TPSA) is 53.1 Å². The van der Waals surface area contributed by atoms with Crippen LogP contribution in [0.3, 0.4) is 0 Å². The number of nitrogens with zero attached hydrogens (tertiary/aromatic N) is 2. The largest absolute Gasteiger partial charge is 0.497 e. The SMILES string of the molecule is COc1cccc(-n2nc(C(C)(C)C)cc2N)c1.Cl. The van der Waals surface area contributed by atoms with Crippen LogP contribution in [0.25, 0.3) is 5.69 Å². The van der Waals surface area contributed by atoms with E-state index in [0.29, 0.717) is 5.82 Å². The molecule has 19 heavy (non-hydrogen) atoms. The summed E-state index contributed by atoms with van der Waals surface area (Å²) in [4.78, 5) is 0. The van der Waals surface area contributed by atoms with Crippen LogP contribution in [0.4, 0.5) is 5.82 Å². The van der Waals surface area contributed by atoms with E-state index in [0.717, 1.165) is 17.1 Å². The van der Waals surface area contributed by atoms with Crippen LogP contribution in [0.5, 0.6) is 5.75 Å². The lowest BCUT2D eigenvalue weighted by Crippen LogP contribution is -2.12. The summed E-state index contributed by atoms with van der Waals surface area (Å²) >= 11 is 0. The van der Waals surface area contributed by atoms with E-state index in [9.17, 15) is 0 Å². The molecule has 1 aromatic carbocycles. The van der Waals surface area contributed by atoms with Gasteiger partial charge in [0.15, 0.2) is 0 Å². The van der Waals surface area contributed by atoms with E-state index in [4.69, 9.17) is 10.5 Å². The Labute approximate surface area is 120 Å². The Kier molecular flexibility index (Phi) is 4.48. The van der Waals surface area contributed by atoms with Gasteiger partial charge < -0.3 is 10.5 Å². The summed E-state index contributed by atoms with van der Waals surface area (Å²) in [5.41, 5.74) is 7.89. The first-order valence-corrected chi connectivity index (χ1v) is 5.92. The Morgan fingerprint density at radius 2 is 1.89 bits per heavy atom. The normalized spacial score (nSPS) is 10.9. The van der Waals surface area contributed by atoms with Gasteiger partial charge in [-0.3, -0.25) is 0 Å². The number of halogens is 1. The van der Waals surface area contributed by atoms with Crippen molar-refractivity contribution in [2.45, 2.75) is 26.2 Å². The first kappa shape index (κ1) is 15.4. The second-order valence-electron chi connectivity index (χ2n) is 5.32. The molecule has 0 aliphatic carbocycles. The lowest BCUT2D eigenvalue weighted by atomic mass is 9.92. The molecule has 2 N–H and O–H groups in total. The second kappa shape index (κ2) is 5.53. The molecule has 0 radical (unpaired) electrons. The van der Waals surface area contributed by atoms with Gasteiger partial charge in [-0.1, -0.05) is 26.8 Å². The van der Waals surface area contributed by atoms with Crippen molar-refractivity contribution in [2.24, 2.45) is 0 Å². The van der Waals surface area contributed by atoms with Crippen LogP contribution < -0.4 is 10.5 Å². The van der Waals surface area contributed by atoms with Gasteiger partial charge in [-0.05, 0) is 12.1 Å². The molecule has 0 saturated carbocycles. The molecule has 2 rings (SSSR count). The average molecular weight is 282 g/mol. The molecule has 0 amide bonds. The zero-order chi connectivity index (χ0) is 13.3. The average Bonchev–Trinajstić information content (AvgIpc) is 2.71. The standard InChI is InChI=1S/C14H19N3O.ClH/c1-14(2,3)12-9-13(15)17(16-12)10-6-5-7-11(8-10)18-4;/h5-9H,15H2,1-4H3;1H. The summed E-state index contributed by atoms with van der Waals surface area (Å²) in [5, 5.41) is 4.56. The zero-order valence-corrected chi connectivity index (χ0v) is 12.5. The smallest absolute Gasteiger partial charge is 0.127 e. The van der Waals surface area contributed by atoms with Crippen LogP contribution >= 0.6 is 12.4 Å². The van der Waals surface area contributed by atoms with Crippen LogP contribution in [0.1, 0.15) is 26.5 Å². The Balaban J connectivity index is 0.00000180. The number of hydrogen-bond acceptors (Lipinski definition) is 3. The van der Waals surface area contributed by atoms with Gasteiger partial charge >= 0.3 is 0 Å². The highest BCUT2D eigenvalue weighted by Gasteiger charge is 2.19. The molecule has 1 heterocycles. The Morgan fingerprint density at radius 3 is 2.42 bits per heavy atom. The van der Waals surface area contributed by atoms with Gasteiger partial charge in [0.2, 0.25) is 0 Å². The lowest BCUT2D eigenvalue weighted by Gasteiger charge is -2.14. The number of ether oxygens (including phenoxy) is 1. The Bertz CT molecular complexity index is 558. The molecule has 2 aromatic rings. The van der Waals surface area contributed by atoms with Gasteiger partial charge in [0.05, 0.1) is 18.5 Å². The minimum Gasteiger partial charge on any atom is -0.497 e. The summed E-state index contributed by atoms with van der Waals surface area (Å²) in [6, 6.07) is 9.60. The van der Waals surface area contributed by atoms with E-state index in [2.05, 4.69) is 25.9 Å². The number of rotatable bonds is 2. The molecule has 0 unspecified atom stereocenters. The summed E-state index contributed by atoms with van der Waals surface area (Å²) in [5.74, 6) is 1.42. The number of aromatic nitrogens is 2. The van der Waals surface area contributed by atoms with Crippen LogP contribution in [0.2, 0.25) is 0 Å². The van der Waals surface area contributed by atoms with Gasteiger partial charge in [-0.15, -0.1) is 12.4 Å². The molecule has 104 valence electrons. The van der Waals surface area contributed by atoms with Crippen LogP contribution in [0.15, 0.2) is 30.3 Å². The third-order valence-corrected chi connectivity index (χ3v) is 2.80. The highest BCUT2D eigenvalue weighted by molar-refractivity contribution is 5.85. The molecule has 0 spiro atoms. The number of nitrogen functional groups attached to an aromatic ring is 1. The maximum atomic E-state index is 6.02. The monoisotopic (exact) mass is 281 g/mol. The van der Waals surface area contributed by atoms with Gasteiger partial charge in [-0.25, -0.2) is 4.68 Å². The van der Waals surface area contributed by atoms with Crippen molar-refractivity contribution in [1.29, 1.82) is 0 Å². The molecular formula is C14H20ClN3O. The fraction of sp³-hybridized carbons (Fsp3) is 0.357. The van der Waals surface area contributed by atoms with E-state index in [1.54, 1.807) is 11.8 Å². The molecule has 5 heteroatoms. The van der Waals surface area contributed by atoms with Gasteiger partial charge in [0.1, 0.15) is 11.6 Å². The summed E-state index contributed by atoms with van der Waals surface area (Å²) < 4.78 is 6.95. The molecule has 1 aromatic heterocycles. The maximum absolute atomic E-state index is 6.02. The third-order valence-electron chi connectivity index (χ3n) is 2.80. The van der Waals surface area contributed by atoms with Crippen LogP contribution in [-0.4, -0.2) is 16.9 Å². The van der Waals surface area contributed by atoms with Gasteiger partial charge in [0.25, 0.3) is 0 Å². The molecule has 0 aliphatic rings. The number of benzene rings is 1. The fourth-order valence-electron chi connectivity index (χ4n) is 1.71. The van der Waals surface area contributed by atoms with Gasteiger partial charge in [0, 0.05) is 17.5 Å². The number of anilines is 1. The summed E-state index contributed by atoms with van der Waals surface area (Å²) in [6.45, 7) is 6.35. The minimum absolute atomic E-state index is 0. The van der Waals surface area contributed by atoms with Crippen molar-refractivity contribution in [3.05, 3.63) is 36.0 Å². The van der Waals surface area contributed by atoms with Crippen LogP contribution in [0, 0.1) is 0 Å². The van der Waals surface area contributed by atoms with Crippen molar-refractivity contribution in [1.82, 2.24) is 9.78 Å². The van der Waals surface area contributed by atoms with E-state index >= 15 is 0 Å². The van der Waals surface area contributed by atoms with E-state index < -0.39 is 0 Å². The number of methoxy groups -OCH3 is 1. The zero-order valence-electron chi connectivity index (χ0n) is 11.7. The van der Waals surface area contributed by atoms with Crippen molar-refractivity contribution in [3.8, 4) is 11.4 Å². The van der Waals surface area contributed by atoms with Crippen molar-refractivity contribution in [2.75, 3.05) is 12.8 Å². The molecular weight excluding hydrogens is 262 g/mol. The summed E-state index contributed by atoms with van der Waals surface area (Å²) in [7, 11) is 1.64. The third kappa shape index (κ3) is 3.20. The van der Waals surface area contributed by atoms with Crippen molar-refractivity contribution < 1.29 is 4.74 Å². The van der Waals surface area contributed by atoms with Crippen molar-refractivity contribution in [3.63, 3.8) is 0 Å². The van der Waals surface area contributed by atoms with Gasteiger partial charge in [-0.2, -0.15) is 5.10 Å². The Morgan fingerprint density at radius 1 is 1.21 bits per heavy atom. The molecule has 4 nitrogen and oxygen atoms in total. The highest BCUT2D eigenvalue weighted by atomic mass is 35.5. The quantitative estimate of drug-likeness (QED) is 0.920. The molecule has 0 saturated heterocycles. The Hall–Kier alpha value is -1.68. The molecule has 0 bridgehead atoms. The number of hydrogen-bond donors (Lipinski definition) is 1. The first-order chi connectivity index (χ1) is 8.41. The second-order valence-corrected chi connectivity index (χ2v) is 5.32. The first-order valence-electron chi connectivity index (χ1n) is 5.92. The predicted molar refractivity (Wildman–Crippen MR) is 80.5 cm³/mol. The van der Waals surface area contributed by atoms with E-state index in [1.165, 1.54) is 0 Å². The maximum Gasteiger partial charge on any atom is 0.127 e. The predicted octanol–water partition coefficient (Wildman–Crippen LogP) is 3.18. The minimum atomic E-state index is -0.0156. The highest BCUT2D eigenvalue weighted by Crippen LogP contribution is 2.25. The molecule has 0 aliphatic heterocycles. The van der Waals surface area contributed by atoms with Crippen molar-refractivity contribution >= 4 is 18.2 Å². The van der Waals surface area contributed by atoms with Crippen LogP contribution in [-0.2, 0) is 5.41 Å².